The average Bonchev–Trinajstić information content (AvgIpc) is 2.62. The smallest absolute Gasteiger partial charge is 0.329 e. The highest BCUT2D eigenvalue weighted by atomic mass is 32.2. The number of aliphatic carboxylic acids is 1. The molecule has 1 saturated carbocycles. The normalized spacial score (nSPS) is 23.2. The third-order valence-electron chi connectivity index (χ3n) is 4.73. The predicted octanol–water partition coefficient (Wildman–Crippen LogP) is 1.91. The monoisotopic (exact) mass is 380 g/mol. The third kappa shape index (κ3) is 4.50. The van der Waals surface area contributed by atoms with Crippen molar-refractivity contribution >= 4 is 21.9 Å². The molecule has 0 radical (unpaired) electrons. The van der Waals surface area contributed by atoms with Crippen molar-refractivity contribution in [3.05, 3.63) is 42.5 Å². The molecule has 1 aliphatic carbocycles. The summed E-state index contributed by atoms with van der Waals surface area (Å²) >= 11 is 0. The molecular weight excluding hydrogens is 356 g/mol. The summed E-state index contributed by atoms with van der Waals surface area (Å²) in [6, 6.07) is 5.38. The summed E-state index contributed by atoms with van der Waals surface area (Å²) in [5.74, 6) is -1.12. The molecule has 0 aliphatic heterocycles. The topological polar surface area (TPSA) is 113 Å². The Morgan fingerprint density at radius 2 is 1.85 bits per heavy atom. The molecule has 3 N–H and O–H groups in total. The number of amides is 1. The second-order valence-electron chi connectivity index (χ2n) is 6.69. The average molecular weight is 380 g/mol. The Hall–Kier alpha value is -2.19. The van der Waals surface area contributed by atoms with Crippen LogP contribution in [0.5, 0.6) is 0 Å². The van der Waals surface area contributed by atoms with Crippen LogP contribution >= 0.6 is 0 Å². The molecular formula is C18H24N2O5S. The van der Waals surface area contributed by atoms with E-state index in [-0.39, 0.29) is 17.0 Å². The summed E-state index contributed by atoms with van der Waals surface area (Å²) in [5, 5.41) is 12.2. The molecule has 0 saturated heterocycles. The van der Waals surface area contributed by atoms with Crippen LogP contribution in [-0.4, -0.2) is 37.5 Å². The Labute approximate surface area is 153 Å². The van der Waals surface area contributed by atoms with Gasteiger partial charge in [-0.3, -0.25) is 4.79 Å². The van der Waals surface area contributed by atoms with Crippen LogP contribution in [-0.2, 0) is 14.8 Å². The van der Waals surface area contributed by atoms with Crippen molar-refractivity contribution in [1.82, 2.24) is 10.0 Å². The lowest BCUT2D eigenvalue weighted by Crippen LogP contribution is -2.56. The fraction of sp³-hybridized carbons (Fsp3) is 0.444. The fourth-order valence-electron chi connectivity index (χ4n) is 2.97. The van der Waals surface area contributed by atoms with Gasteiger partial charge in [0.05, 0.1) is 4.90 Å². The van der Waals surface area contributed by atoms with E-state index in [1.807, 2.05) is 0 Å². The van der Waals surface area contributed by atoms with Crippen molar-refractivity contribution in [3.8, 4) is 0 Å². The van der Waals surface area contributed by atoms with Crippen molar-refractivity contribution in [1.29, 1.82) is 0 Å². The van der Waals surface area contributed by atoms with Crippen molar-refractivity contribution in [3.63, 3.8) is 0 Å². The van der Waals surface area contributed by atoms with Gasteiger partial charge in [0.1, 0.15) is 5.54 Å². The Morgan fingerprint density at radius 1 is 1.27 bits per heavy atom. The number of hydrogen-bond donors (Lipinski definition) is 3. The van der Waals surface area contributed by atoms with Gasteiger partial charge in [-0.1, -0.05) is 13.0 Å². The number of rotatable bonds is 7. The summed E-state index contributed by atoms with van der Waals surface area (Å²) in [5.41, 5.74) is -1.05. The Bertz CT molecular complexity index is 778. The van der Waals surface area contributed by atoms with Crippen LogP contribution in [0.15, 0.2) is 41.8 Å². The number of hydrogen-bond acceptors (Lipinski definition) is 4. The number of benzene rings is 1. The van der Waals surface area contributed by atoms with Crippen molar-refractivity contribution in [2.24, 2.45) is 5.92 Å². The molecule has 2 rings (SSSR count). The number of carbonyl (C=O) groups is 2. The highest BCUT2D eigenvalue weighted by Crippen LogP contribution is 2.32. The van der Waals surface area contributed by atoms with E-state index >= 15 is 0 Å². The van der Waals surface area contributed by atoms with E-state index < -0.39 is 27.4 Å². The maximum absolute atomic E-state index is 12.5. The van der Waals surface area contributed by atoms with E-state index in [0.29, 0.717) is 18.8 Å². The third-order valence-corrected chi connectivity index (χ3v) is 6.17. The summed E-state index contributed by atoms with van der Waals surface area (Å²) in [7, 11) is -3.67. The lowest BCUT2D eigenvalue weighted by atomic mass is 9.77. The second-order valence-corrected chi connectivity index (χ2v) is 8.46. The summed E-state index contributed by atoms with van der Waals surface area (Å²) in [6.45, 7) is 5.61. The van der Waals surface area contributed by atoms with E-state index in [2.05, 4.69) is 23.5 Å². The number of nitrogens with one attached hydrogen (secondary N) is 2. The highest BCUT2D eigenvalue weighted by molar-refractivity contribution is 7.89. The van der Waals surface area contributed by atoms with Crippen molar-refractivity contribution < 1.29 is 23.1 Å². The zero-order chi connectivity index (χ0) is 19.4. The largest absolute Gasteiger partial charge is 0.480 e. The highest BCUT2D eigenvalue weighted by Gasteiger charge is 2.42. The molecule has 1 amide bonds. The molecule has 0 heterocycles. The van der Waals surface area contributed by atoms with E-state index in [9.17, 15) is 23.1 Å². The number of carbonyl (C=O) groups excluding carboxylic acids is 1. The van der Waals surface area contributed by atoms with Crippen LogP contribution in [0.2, 0.25) is 0 Å². The van der Waals surface area contributed by atoms with E-state index in [4.69, 9.17) is 0 Å². The fourth-order valence-corrected chi connectivity index (χ4v) is 3.97. The van der Waals surface area contributed by atoms with E-state index in [0.717, 1.165) is 12.8 Å². The molecule has 0 atom stereocenters. The van der Waals surface area contributed by atoms with Crippen molar-refractivity contribution in [2.75, 3.05) is 6.54 Å². The summed E-state index contributed by atoms with van der Waals surface area (Å²) in [4.78, 5) is 24.2. The van der Waals surface area contributed by atoms with E-state index in [1.54, 1.807) is 0 Å². The van der Waals surface area contributed by atoms with Gasteiger partial charge in [-0.15, -0.1) is 6.58 Å². The summed E-state index contributed by atoms with van der Waals surface area (Å²) < 4.78 is 26.4. The molecule has 0 aromatic heterocycles. The molecule has 1 aromatic carbocycles. The zero-order valence-electron chi connectivity index (χ0n) is 14.7. The van der Waals surface area contributed by atoms with Gasteiger partial charge in [0.15, 0.2) is 0 Å². The molecule has 0 bridgehead atoms. The molecule has 1 fully saturated rings. The van der Waals surface area contributed by atoms with Gasteiger partial charge in [0, 0.05) is 12.1 Å². The Morgan fingerprint density at radius 3 is 2.35 bits per heavy atom. The lowest BCUT2D eigenvalue weighted by molar-refractivity contribution is -0.146. The molecule has 0 unspecified atom stereocenters. The van der Waals surface area contributed by atoms with Gasteiger partial charge in [-0.25, -0.2) is 17.9 Å². The van der Waals surface area contributed by atoms with Gasteiger partial charge in [-0.05, 0) is 55.9 Å². The molecule has 1 aliphatic rings. The Kier molecular flexibility index (Phi) is 6.20. The molecule has 0 spiro atoms. The van der Waals surface area contributed by atoms with Gasteiger partial charge in [0.2, 0.25) is 10.0 Å². The number of carboxylic acids is 1. The molecule has 142 valence electrons. The first-order valence-electron chi connectivity index (χ1n) is 8.47. The zero-order valence-corrected chi connectivity index (χ0v) is 15.5. The Balaban J connectivity index is 2.14. The van der Waals surface area contributed by atoms with Crippen LogP contribution in [0, 0.1) is 5.92 Å². The van der Waals surface area contributed by atoms with E-state index in [1.165, 1.54) is 30.3 Å². The standard InChI is InChI=1S/C18H24N2O5S/c1-3-12-19-26(24,25)15-6-4-14(5-7-15)16(21)20-18(17(22)23)10-8-13(2)9-11-18/h3-7,13,19H,1,8-12H2,2H3,(H,20,21)(H,22,23). The number of carboxylic acid groups (broad SMARTS) is 1. The van der Waals surface area contributed by atoms with Gasteiger partial charge >= 0.3 is 5.97 Å². The van der Waals surface area contributed by atoms with Crippen LogP contribution < -0.4 is 10.0 Å². The van der Waals surface area contributed by atoms with Crippen LogP contribution in [0.25, 0.3) is 0 Å². The maximum atomic E-state index is 12.5. The minimum absolute atomic E-state index is 0.0235. The summed E-state index contributed by atoms with van der Waals surface area (Å²) in [6.07, 6.45) is 3.66. The molecule has 8 heteroatoms. The van der Waals surface area contributed by atoms with Crippen LogP contribution in [0.3, 0.4) is 0 Å². The maximum Gasteiger partial charge on any atom is 0.329 e. The number of sulfonamides is 1. The first-order valence-corrected chi connectivity index (χ1v) is 9.95. The quantitative estimate of drug-likeness (QED) is 0.626. The minimum Gasteiger partial charge on any atom is -0.480 e. The van der Waals surface area contributed by atoms with Gasteiger partial charge in [0.25, 0.3) is 5.91 Å². The van der Waals surface area contributed by atoms with Crippen LogP contribution in [0.1, 0.15) is 43.0 Å². The SMILES string of the molecule is C=CCNS(=O)(=O)c1ccc(C(=O)NC2(C(=O)O)CCC(C)CC2)cc1. The lowest BCUT2D eigenvalue weighted by Gasteiger charge is -2.36. The molecule has 7 nitrogen and oxygen atoms in total. The second kappa shape index (κ2) is 8.01. The first kappa shape index (κ1) is 20.1. The predicted molar refractivity (Wildman–Crippen MR) is 97.3 cm³/mol. The van der Waals surface area contributed by atoms with Crippen molar-refractivity contribution in [2.45, 2.75) is 43.0 Å². The van der Waals surface area contributed by atoms with Gasteiger partial charge < -0.3 is 10.4 Å². The first-order chi connectivity index (χ1) is 12.2. The minimum atomic E-state index is -3.67. The molecule has 26 heavy (non-hydrogen) atoms. The molecule has 1 aromatic rings. The van der Waals surface area contributed by atoms with Gasteiger partial charge in [-0.2, -0.15) is 0 Å². The van der Waals surface area contributed by atoms with Crippen LogP contribution in [0.4, 0.5) is 0 Å².